The topological polar surface area (TPSA) is 87.1 Å². The Labute approximate surface area is 188 Å². The molecule has 0 radical (unpaired) electrons. The number of alkyl halides is 2. The third kappa shape index (κ3) is 3.94. The highest BCUT2D eigenvalue weighted by Crippen LogP contribution is 2.37. The number of nitrogens with zero attached hydrogens (tertiary/aromatic N) is 4. The van der Waals surface area contributed by atoms with Crippen molar-refractivity contribution in [2.45, 2.75) is 25.3 Å². The molecule has 5 rings (SSSR count). The van der Waals surface area contributed by atoms with Gasteiger partial charge in [-0.25, -0.2) is 13.8 Å². The number of H-pyrrole nitrogens is 1. The first-order chi connectivity index (χ1) is 15.8. The monoisotopic (exact) mass is 449 g/mol. The summed E-state index contributed by atoms with van der Waals surface area (Å²) in [7, 11) is 1.64. The molecule has 2 aromatic heterocycles. The van der Waals surface area contributed by atoms with Crippen molar-refractivity contribution >= 4 is 21.8 Å². The van der Waals surface area contributed by atoms with Gasteiger partial charge in [-0.1, -0.05) is 18.2 Å². The molecule has 0 spiro atoms. The van der Waals surface area contributed by atoms with Crippen LogP contribution < -0.4 is 9.47 Å². The van der Waals surface area contributed by atoms with Crippen LogP contribution >= 0.6 is 0 Å². The molecule has 1 atom stereocenters. The number of likely N-dealkylation sites (N-methyl/N-ethyl adjacent to an activating group) is 1. The Morgan fingerprint density at radius 3 is 2.91 bits per heavy atom. The molecule has 7 nitrogen and oxygen atoms in total. The zero-order valence-electron chi connectivity index (χ0n) is 18.1. The van der Waals surface area contributed by atoms with E-state index in [2.05, 4.69) is 21.3 Å². The van der Waals surface area contributed by atoms with Gasteiger partial charge in [-0.05, 0) is 37.7 Å². The van der Waals surface area contributed by atoms with Crippen LogP contribution in [0.1, 0.15) is 17.5 Å². The number of hydrogen-bond acceptors (Lipinski definition) is 6. The lowest BCUT2D eigenvalue weighted by Gasteiger charge is -2.19. The Morgan fingerprint density at radius 1 is 1.30 bits per heavy atom. The number of pyridine rings is 1. The number of aromatic amines is 1. The van der Waals surface area contributed by atoms with Crippen molar-refractivity contribution in [3.05, 3.63) is 53.7 Å². The molecule has 0 amide bonds. The van der Waals surface area contributed by atoms with Gasteiger partial charge in [0.2, 0.25) is 5.88 Å². The molecule has 168 valence electrons. The highest BCUT2D eigenvalue weighted by molar-refractivity contribution is 5.89. The Kier molecular flexibility index (Phi) is 5.10. The van der Waals surface area contributed by atoms with Crippen LogP contribution in [0.25, 0.3) is 21.8 Å². The van der Waals surface area contributed by atoms with Gasteiger partial charge in [-0.15, -0.1) is 0 Å². The smallest absolute Gasteiger partial charge is 0.262 e. The molecule has 1 saturated heterocycles. The number of likely N-dealkylation sites (tertiary alicyclic amines) is 1. The number of hydrogen-bond donors (Lipinski definition) is 1. The van der Waals surface area contributed by atoms with Gasteiger partial charge in [0.1, 0.15) is 29.5 Å². The Morgan fingerprint density at radius 2 is 2.15 bits per heavy atom. The molecular formula is C24H21F2N5O2. The molecule has 33 heavy (non-hydrogen) atoms. The van der Waals surface area contributed by atoms with E-state index in [9.17, 15) is 14.0 Å². The average Bonchev–Trinajstić information content (AvgIpc) is 3.36. The molecule has 0 aliphatic carbocycles. The van der Waals surface area contributed by atoms with Gasteiger partial charge < -0.3 is 9.47 Å². The maximum absolute atomic E-state index is 13.7. The van der Waals surface area contributed by atoms with Crippen molar-refractivity contribution in [1.29, 1.82) is 5.26 Å². The Balaban J connectivity index is 1.50. The second kappa shape index (κ2) is 7.98. The number of rotatable bonds is 5. The zero-order valence-corrected chi connectivity index (χ0v) is 18.1. The molecule has 1 fully saturated rings. The molecule has 1 unspecified atom stereocenters. The SMILES string of the molecule is Cc1ccc2[nH]ncc2c1Oc1cccc2cc(C#N)c(OCC3CC(F)(F)CN3C)nc12. The van der Waals surface area contributed by atoms with E-state index in [4.69, 9.17) is 9.47 Å². The first kappa shape index (κ1) is 21.1. The maximum Gasteiger partial charge on any atom is 0.262 e. The zero-order chi connectivity index (χ0) is 23.2. The molecule has 1 aliphatic rings. The highest BCUT2D eigenvalue weighted by atomic mass is 19.3. The lowest BCUT2D eigenvalue weighted by atomic mass is 10.1. The Bertz CT molecular complexity index is 1400. The maximum atomic E-state index is 13.7. The van der Waals surface area contributed by atoms with Gasteiger partial charge in [0.05, 0.1) is 23.6 Å². The number of halogens is 2. The molecule has 9 heteroatoms. The summed E-state index contributed by atoms with van der Waals surface area (Å²) < 4.78 is 39.5. The highest BCUT2D eigenvalue weighted by Gasteiger charge is 2.43. The van der Waals surface area contributed by atoms with Crippen LogP contribution in [0.2, 0.25) is 0 Å². The second-order valence-electron chi connectivity index (χ2n) is 8.37. The van der Waals surface area contributed by atoms with Crippen molar-refractivity contribution in [3.8, 4) is 23.4 Å². The van der Waals surface area contributed by atoms with E-state index < -0.39 is 12.0 Å². The lowest BCUT2D eigenvalue weighted by Crippen LogP contribution is -2.31. The predicted octanol–water partition coefficient (Wildman–Crippen LogP) is 4.80. The molecular weight excluding hydrogens is 428 g/mol. The second-order valence-corrected chi connectivity index (χ2v) is 8.37. The summed E-state index contributed by atoms with van der Waals surface area (Å²) in [5, 5.41) is 18.2. The minimum atomic E-state index is -2.75. The minimum absolute atomic E-state index is 0.00966. The van der Waals surface area contributed by atoms with Crippen molar-refractivity contribution in [2.75, 3.05) is 20.2 Å². The first-order valence-corrected chi connectivity index (χ1v) is 10.5. The standard InChI is InChI=1S/C24H21F2N5O2/c1-14-6-7-19-18(11-28-30-19)22(14)33-20-5-3-4-15-8-16(10-27)23(29-21(15)20)32-12-17-9-24(25,26)13-31(17)2/h3-8,11,17H,9,12-13H2,1-2H3,(H,28,30). The fourth-order valence-corrected chi connectivity index (χ4v) is 4.19. The lowest BCUT2D eigenvalue weighted by molar-refractivity contribution is 0.0137. The molecule has 1 aliphatic heterocycles. The number of fused-ring (bicyclic) bond motifs is 2. The predicted molar refractivity (Wildman–Crippen MR) is 119 cm³/mol. The van der Waals surface area contributed by atoms with E-state index in [0.29, 0.717) is 22.4 Å². The van der Waals surface area contributed by atoms with Crippen molar-refractivity contribution < 1.29 is 18.3 Å². The Hall–Kier alpha value is -3.77. The summed E-state index contributed by atoms with van der Waals surface area (Å²) >= 11 is 0. The molecule has 1 N–H and O–H groups in total. The van der Waals surface area contributed by atoms with Gasteiger partial charge >= 0.3 is 0 Å². The van der Waals surface area contributed by atoms with Crippen molar-refractivity contribution in [1.82, 2.24) is 20.1 Å². The molecule has 2 aromatic carbocycles. The number of nitriles is 1. The number of para-hydroxylation sites is 1. The van der Waals surface area contributed by atoms with E-state index in [1.165, 1.54) is 0 Å². The summed E-state index contributed by atoms with van der Waals surface area (Å²) in [6, 6.07) is 12.6. The van der Waals surface area contributed by atoms with Gasteiger partial charge in [-0.3, -0.25) is 10.00 Å². The van der Waals surface area contributed by atoms with Crippen molar-refractivity contribution in [2.24, 2.45) is 0 Å². The van der Waals surface area contributed by atoms with E-state index in [1.54, 1.807) is 30.3 Å². The average molecular weight is 449 g/mol. The fraction of sp³-hybridized carbons (Fsp3) is 0.292. The first-order valence-electron chi connectivity index (χ1n) is 10.5. The number of benzene rings is 2. The van der Waals surface area contributed by atoms with Crippen LogP contribution in [0.15, 0.2) is 42.6 Å². The van der Waals surface area contributed by atoms with Crippen LogP contribution in [0, 0.1) is 18.3 Å². The molecule has 0 saturated carbocycles. The normalized spacial score (nSPS) is 18.0. The van der Waals surface area contributed by atoms with E-state index >= 15 is 0 Å². The van der Waals surface area contributed by atoms with Crippen LogP contribution in [-0.2, 0) is 0 Å². The van der Waals surface area contributed by atoms with Gasteiger partial charge in [0.25, 0.3) is 5.92 Å². The number of aryl methyl sites for hydroxylation is 1. The number of nitrogens with one attached hydrogen (secondary N) is 1. The van der Waals surface area contributed by atoms with Crippen LogP contribution in [0.4, 0.5) is 8.78 Å². The van der Waals surface area contributed by atoms with Crippen LogP contribution in [-0.4, -0.2) is 52.2 Å². The van der Waals surface area contributed by atoms with Gasteiger partial charge in [0, 0.05) is 17.8 Å². The minimum Gasteiger partial charge on any atom is -0.475 e. The number of ether oxygens (including phenoxy) is 2. The summed E-state index contributed by atoms with van der Waals surface area (Å²) in [5.41, 5.74) is 2.52. The number of aromatic nitrogens is 3. The summed E-state index contributed by atoms with van der Waals surface area (Å²) in [5.74, 6) is -1.51. The molecule has 3 heterocycles. The largest absolute Gasteiger partial charge is 0.475 e. The van der Waals surface area contributed by atoms with Gasteiger partial charge in [-0.2, -0.15) is 10.4 Å². The van der Waals surface area contributed by atoms with Crippen LogP contribution in [0.3, 0.4) is 0 Å². The molecule has 4 aromatic rings. The molecule has 0 bridgehead atoms. The van der Waals surface area contributed by atoms with E-state index in [-0.39, 0.29) is 31.0 Å². The summed E-state index contributed by atoms with van der Waals surface area (Å²) in [6.45, 7) is 1.64. The van der Waals surface area contributed by atoms with Crippen molar-refractivity contribution in [3.63, 3.8) is 0 Å². The third-order valence-corrected chi connectivity index (χ3v) is 5.93. The summed E-state index contributed by atoms with van der Waals surface area (Å²) in [6.07, 6.45) is 1.41. The quantitative estimate of drug-likeness (QED) is 0.471. The third-order valence-electron chi connectivity index (χ3n) is 5.93. The van der Waals surface area contributed by atoms with E-state index in [0.717, 1.165) is 16.5 Å². The van der Waals surface area contributed by atoms with E-state index in [1.807, 2.05) is 31.2 Å². The fourth-order valence-electron chi connectivity index (χ4n) is 4.19. The van der Waals surface area contributed by atoms with Gasteiger partial charge in [0.15, 0.2) is 5.75 Å². The summed E-state index contributed by atoms with van der Waals surface area (Å²) in [4.78, 5) is 6.13. The van der Waals surface area contributed by atoms with Crippen LogP contribution in [0.5, 0.6) is 17.4 Å².